The highest BCUT2D eigenvalue weighted by Gasteiger charge is 2.20. The van der Waals surface area contributed by atoms with Crippen LogP contribution in [0.2, 0.25) is 0 Å². The molecule has 0 amide bonds. The molecule has 0 unspecified atom stereocenters. The first kappa shape index (κ1) is 17.3. The van der Waals surface area contributed by atoms with Crippen molar-refractivity contribution in [2.24, 2.45) is 5.73 Å². The van der Waals surface area contributed by atoms with Gasteiger partial charge >= 0.3 is 0 Å². The van der Waals surface area contributed by atoms with Gasteiger partial charge in [0.05, 0.1) is 24.3 Å². The van der Waals surface area contributed by atoms with Gasteiger partial charge in [0.2, 0.25) is 5.95 Å². The molecule has 0 spiro atoms. The van der Waals surface area contributed by atoms with Gasteiger partial charge in [0.15, 0.2) is 11.6 Å². The zero-order valence-corrected chi connectivity index (χ0v) is 14.6. The van der Waals surface area contributed by atoms with E-state index in [2.05, 4.69) is 20.4 Å². The van der Waals surface area contributed by atoms with Crippen LogP contribution in [0.25, 0.3) is 11.5 Å². The van der Waals surface area contributed by atoms with Gasteiger partial charge in [-0.3, -0.25) is 9.36 Å². The third-order valence-corrected chi connectivity index (χ3v) is 4.72. The Labute approximate surface area is 154 Å². The minimum atomic E-state index is -0.596. The van der Waals surface area contributed by atoms with Crippen LogP contribution in [-0.4, -0.2) is 36.4 Å². The lowest BCUT2D eigenvalue weighted by Crippen LogP contribution is -2.33. The van der Waals surface area contributed by atoms with Crippen LogP contribution < -0.4 is 16.6 Å². The molecular weight excluding hydrogens is 349 g/mol. The first-order chi connectivity index (χ1) is 13.1. The Hall–Kier alpha value is -3.07. The highest BCUT2D eigenvalue weighted by Crippen LogP contribution is 2.21. The van der Waals surface area contributed by atoms with Crippen molar-refractivity contribution in [3.05, 3.63) is 59.2 Å². The number of pyridine rings is 1. The van der Waals surface area contributed by atoms with Gasteiger partial charge in [-0.05, 0) is 31.7 Å². The number of halogens is 1. The number of nitrogens with zero attached hydrogens (tertiary/aromatic N) is 5. The first-order valence-electron chi connectivity index (χ1n) is 8.88. The van der Waals surface area contributed by atoms with Gasteiger partial charge in [-0.2, -0.15) is 10.1 Å². The van der Waals surface area contributed by atoms with Crippen LogP contribution in [-0.2, 0) is 0 Å². The molecule has 8 nitrogen and oxygen atoms in total. The van der Waals surface area contributed by atoms with Crippen molar-refractivity contribution in [1.82, 2.24) is 24.3 Å². The van der Waals surface area contributed by atoms with Gasteiger partial charge < -0.3 is 11.1 Å². The standard InChI is InChI=1S/C18H20FN7O/c19-15-10-21-18(23-13-6-4-12(20)5-7-13)24-17(15)26-11-14(9-22-26)25-8-2-1-3-16(25)27/h1-3,8-13H,4-7,20H2,(H,21,23,24). The molecule has 4 rings (SSSR count). The molecule has 3 N–H and O–H groups in total. The van der Waals surface area contributed by atoms with Crippen molar-refractivity contribution >= 4 is 5.95 Å². The van der Waals surface area contributed by atoms with Gasteiger partial charge in [0.1, 0.15) is 0 Å². The Bertz CT molecular complexity index is 991. The number of anilines is 1. The van der Waals surface area contributed by atoms with Crippen LogP contribution in [0, 0.1) is 5.82 Å². The van der Waals surface area contributed by atoms with Gasteiger partial charge in [-0.15, -0.1) is 0 Å². The molecule has 3 aromatic rings. The molecule has 9 heteroatoms. The molecule has 1 fully saturated rings. The molecule has 0 atom stereocenters. The third-order valence-electron chi connectivity index (χ3n) is 4.72. The van der Waals surface area contributed by atoms with E-state index in [9.17, 15) is 9.18 Å². The largest absolute Gasteiger partial charge is 0.351 e. The SMILES string of the molecule is NC1CCC(Nc2ncc(F)c(-n3cc(-n4ccccc4=O)cn3)n2)CC1. The summed E-state index contributed by atoms with van der Waals surface area (Å²) < 4.78 is 17.0. The number of aromatic nitrogens is 5. The quantitative estimate of drug-likeness (QED) is 0.724. The Morgan fingerprint density at radius 2 is 2.00 bits per heavy atom. The van der Waals surface area contributed by atoms with Crippen LogP contribution in [0.3, 0.4) is 0 Å². The summed E-state index contributed by atoms with van der Waals surface area (Å²) in [5.41, 5.74) is 6.25. The van der Waals surface area contributed by atoms with E-state index >= 15 is 0 Å². The van der Waals surface area contributed by atoms with E-state index in [-0.39, 0.29) is 23.5 Å². The fourth-order valence-corrected chi connectivity index (χ4v) is 3.23. The summed E-state index contributed by atoms with van der Waals surface area (Å²) in [6.07, 6.45) is 9.53. The minimum absolute atomic E-state index is 0.0234. The molecule has 1 aliphatic carbocycles. The molecule has 27 heavy (non-hydrogen) atoms. The zero-order valence-electron chi connectivity index (χ0n) is 14.6. The monoisotopic (exact) mass is 369 g/mol. The van der Waals surface area contributed by atoms with Crippen LogP contribution in [0.1, 0.15) is 25.7 Å². The molecule has 0 bridgehead atoms. The molecule has 1 saturated carbocycles. The van der Waals surface area contributed by atoms with Gasteiger partial charge in [0, 0.05) is 24.3 Å². The fourth-order valence-electron chi connectivity index (χ4n) is 3.23. The Morgan fingerprint density at radius 1 is 1.19 bits per heavy atom. The maximum Gasteiger partial charge on any atom is 0.255 e. The summed E-state index contributed by atoms with van der Waals surface area (Å²) in [5, 5.41) is 7.39. The second-order valence-electron chi connectivity index (χ2n) is 6.67. The summed E-state index contributed by atoms with van der Waals surface area (Å²) >= 11 is 0. The zero-order chi connectivity index (χ0) is 18.8. The van der Waals surface area contributed by atoms with E-state index < -0.39 is 5.82 Å². The second kappa shape index (κ2) is 7.28. The Morgan fingerprint density at radius 3 is 2.78 bits per heavy atom. The summed E-state index contributed by atoms with van der Waals surface area (Å²) in [7, 11) is 0. The maximum atomic E-state index is 14.3. The topological polar surface area (TPSA) is 104 Å². The Kier molecular flexibility index (Phi) is 4.68. The van der Waals surface area contributed by atoms with Crippen molar-refractivity contribution in [3.8, 4) is 11.5 Å². The third kappa shape index (κ3) is 3.72. The average Bonchev–Trinajstić information content (AvgIpc) is 3.15. The van der Waals surface area contributed by atoms with E-state index in [1.807, 2.05) is 0 Å². The smallest absolute Gasteiger partial charge is 0.255 e. The summed E-state index contributed by atoms with van der Waals surface area (Å²) in [6, 6.07) is 5.31. The summed E-state index contributed by atoms with van der Waals surface area (Å²) in [5.74, 6) is -0.225. The number of hydrogen-bond donors (Lipinski definition) is 2. The summed E-state index contributed by atoms with van der Waals surface area (Å²) in [4.78, 5) is 20.2. The number of nitrogens with one attached hydrogen (secondary N) is 1. The lowest BCUT2D eigenvalue weighted by atomic mass is 9.92. The second-order valence-corrected chi connectivity index (χ2v) is 6.67. The molecule has 0 saturated heterocycles. The van der Waals surface area contributed by atoms with Gasteiger partial charge in [0.25, 0.3) is 5.56 Å². The van der Waals surface area contributed by atoms with Gasteiger partial charge in [-0.25, -0.2) is 14.1 Å². The van der Waals surface area contributed by atoms with E-state index in [4.69, 9.17) is 5.73 Å². The molecule has 3 aromatic heterocycles. The van der Waals surface area contributed by atoms with Crippen LogP contribution in [0.15, 0.2) is 47.8 Å². The van der Waals surface area contributed by atoms with Crippen LogP contribution >= 0.6 is 0 Å². The van der Waals surface area contributed by atoms with E-state index in [0.717, 1.165) is 31.9 Å². The molecule has 140 valence electrons. The molecule has 0 aliphatic heterocycles. The van der Waals surface area contributed by atoms with Crippen molar-refractivity contribution in [2.45, 2.75) is 37.8 Å². The van der Waals surface area contributed by atoms with Crippen LogP contribution in [0.4, 0.5) is 10.3 Å². The number of nitrogens with two attached hydrogens (primary N) is 1. The predicted molar refractivity (Wildman–Crippen MR) is 98.6 cm³/mol. The first-order valence-corrected chi connectivity index (χ1v) is 8.88. The van der Waals surface area contributed by atoms with Crippen LogP contribution in [0.5, 0.6) is 0 Å². The normalized spacial score (nSPS) is 19.8. The molecule has 3 heterocycles. The molecular formula is C18H20FN7O. The van der Waals surface area contributed by atoms with Crippen molar-refractivity contribution in [3.63, 3.8) is 0 Å². The molecule has 0 radical (unpaired) electrons. The number of hydrogen-bond acceptors (Lipinski definition) is 6. The van der Waals surface area contributed by atoms with E-state index in [1.54, 1.807) is 24.5 Å². The molecule has 1 aliphatic rings. The highest BCUT2D eigenvalue weighted by atomic mass is 19.1. The minimum Gasteiger partial charge on any atom is -0.351 e. The van der Waals surface area contributed by atoms with E-state index in [1.165, 1.54) is 21.5 Å². The van der Waals surface area contributed by atoms with Crippen molar-refractivity contribution in [1.29, 1.82) is 0 Å². The Balaban J connectivity index is 1.59. The fraction of sp³-hybridized carbons (Fsp3) is 0.333. The van der Waals surface area contributed by atoms with Gasteiger partial charge in [-0.1, -0.05) is 6.07 Å². The maximum absolute atomic E-state index is 14.3. The average molecular weight is 369 g/mol. The number of rotatable bonds is 4. The van der Waals surface area contributed by atoms with Crippen molar-refractivity contribution < 1.29 is 4.39 Å². The molecule has 0 aromatic carbocycles. The van der Waals surface area contributed by atoms with Crippen molar-refractivity contribution in [2.75, 3.05) is 5.32 Å². The predicted octanol–water partition coefficient (Wildman–Crippen LogP) is 1.63. The lowest BCUT2D eigenvalue weighted by Gasteiger charge is -2.26. The summed E-state index contributed by atoms with van der Waals surface area (Å²) in [6.45, 7) is 0. The van der Waals surface area contributed by atoms with E-state index in [0.29, 0.717) is 11.6 Å². The highest BCUT2D eigenvalue weighted by molar-refractivity contribution is 5.36. The lowest BCUT2D eigenvalue weighted by molar-refractivity contribution is 0.409.